The highest BCUT2D eigenvalue weighted by Crippen LogP contribution is 2.29. The van der Waals surface area contributed by atoms with Crippen LogP contribution in [0.2, 0.25) is 0 Å². The smallest absolute Gasteiger partial charge is 0.255 e. The highest BCUT2D eigenvalue weighted by molar-refractivity contribution is 5.97. The number of hydrogen-bond acceptors (Lipinski definition) is 4. The Morgan fingerprint density at radius 1 is 1.27 bits per heavy atom. The fourth-order valence-electron chi connectivity index (χ4n) is 2.81. The van der Waals surface area contributed by atoms with Gasteiger partial charge in [-0.25, -0.2) is 9.07 Å². The van der Waals surface area contributed by atoms with E-state index in [9.17, 15) is 9.18 Å². The molecule has 1 aliphatic rings. The third kappa shape index (κ3) is 3.29. The molecule has 3 aromatic rings. The minimum absolute atomic E-state index is 0.0494. The largest absolute Gasteiger partial charge is 0.466 e. The number of benzene rings is 2. The number of fused-ring (bicyclic) bond motifs is 1. The van der Waals surface area contributed by atoms with Crippen LogP contribution in [0.3, 0.4) is 0 Å². The first-order valence-electron chi connectivity index (χ1n) is 8.11. The van der Waals surface area contributed by atoms with Gasteiger partial charge in [-0.3, -0.25) is 4.79 Å². The molecule has 1 amide bonds. The van der Waals surface area contributed by atoms with E-state index in [4.69, 9.17) is 9.47 Å². The van der Waals surface area contributed by atoms with Crippen molar-refractivity contribution < 1.29 is 18.7 Å². The topological polar surface area (TPSA) is 65.4 Å². The molecule has 26 heavy (non-hydrogen) atoms. The summed E-state index contributed by atoms with van der Waals surface area (Å²) in [4.78, 5) is 12.5. The molecule has 7 heteroatoms. The van der Waals surface area contributed by atoms with Gasteiger partial charge in [0.1, 0.15) is 11.6 Å². The monoisotopic (exact) mass is 353 g/mol. The van der Waals surface area contributed by atoms with Crippen LogP contribution in [-0.4, -0.2) is 22.5 Å². The second-order valence-corrected chi connectivity index (χ2v) is 5.85. The average Bonchev–Trinajstić information content (AvgIpc) is 3.20. The Balaban J connectivity index is 1.47. The quantitative estimate of drug-likeness (QED) is 0.783. The van der Waals surface area contributed by atoms with Gasteiger partial charge >= 0.3 is 0 Å². The Morgan fingerprint density at radius 2 is 2.12 bits per heavy atom. The van der Waals surface area contributed by atoms with Crippen LogP contribution < -0.4 is 10.1 Å². The van der Waals surface area contributed by atoms with Crippen molar-refractivity contribution in [1.29, 1.82) is 0 Å². The van der Waals surface area contributed by atoms with E-state index in [1.54, 1.807) is 10.9 Å². The minimum atomic E-state index is -0.494. The lowest BCUT2D eigenvalue weighted by Crippen LogP contribution is -2.25. The van der Waals surface area contributed by atoms with Gasteiger partial charge in [0, 0.05) is 24.5 Å². The molecule has 0 radical (unpaired) electrons. The van der Waals surface area contributed by atoms with Crippen molar-refractivity contribution in [2.24, 2.45) is 0 Å². The normalized spacial score (nSPS) is 13.0. The standard InChI is InChI=1S/C19H16FN3O3/c20-15-8-14-11-25-12-26-18(14)17(9-15)19(24)21-10-13-2-4-16(5-3-13)23-7-1-6-22-23/h1-9H,10-12H2,(H,21,24). The van der Waals surface area contributed by atoms with Crippen LogP contribution in [0.1, 0.15) is 21.5 Å². The number of rotatable bonds is 4. The molecule has 0 atom stereocenters. The summed E-state index contributed by atoms with van der Waals surface area (Å²) < 4.78 is 26.0. The van der Waals surface area contributed by atoms with Crippen molar-refractivity contribution in [2.45, 2.75) is 13.2 Å². The molecule has 0 bridgehead atoms. The molecule has 0 fully saturated rings. The first-order chi connectivity index (χ1) is 12.7. The Labute approximate surface area is 149 Å². The molecule has 2 heterocycles. The van der Waals surface area contributed by atoms with Crippen molar-refractivity contribution >= 4 is 5.91 Å². The summed E-state index contributed by atoms with van der Waals surface area (Å²) >= 11 is 0. The zero-order valence-electron chi connectivity index (χ0n) is 13.8. The summed E-state index contributed by atoms with van der Waals surface area (Å²) in [6.45, 7) is 0.593. The van der Waals surface area contributed by atoms with Gasteiger partial charge in [-0.05, 0) is 35.9 Å². The summed E-state index contributed by atoms with van der Waals surface area (Å²) in [5.41, 5.74) is 2.56. The minimum Gasteiger partial charge on any atom is -0.466 e. The van der Waals surface area contributed by atoms with Gasteiger partial charge in [-0.15, -0.1) is 0 Å². The van der Waals surface area contributed by atoms with E-state index >= 15 is 0 Å². The van der Waals surface area contributed by atoms with Crippen LogP contribution in [-0.2, 0) is 17.9 Å². The van der Waals surface area contributed by atoms with Crippen LogP contribution >= 0.6 is 0 Å². The van der Waals surface area contributed by atoms with Crippen LogP contribution in [0.15, 0.2) is 54.9 Å². The summed E-state index contributed by atoms with van der Waals surface area (Å²) in [5.74, 6) is -0.505. The zero-order chi connectivity index (χ0) is 17.9. The molecular formula is C19H16FN3O3. The van der Waals surface area contributed by atoms with Gasteiger partial charge < -0.3 is 14.8 Å². The lowest BCUT2D eigenvalue weighted by atomic mass is 10.1. The van der Waals surface area contributed by atoms with Crippen molar-refractivity contribution in [2.75, 3.05) is 6.79 Å². The molecule has 0 unspecified atom stereocenters. The number of carbonyl (C=O) groups is 1. The molecule has 1 aromatic heterocycles. The second kappa shape index (κ2) is 6.97. The molecule has 2 aromatic carbocycles. The van der Waals surface area contributed by atoms with E-state index in [1.807, 2.05) is 36.5 Å². The Hall–Kier alpha value is -3.19. The number of ether oxygens (including phenoxy) is 2. The predicted octanol–water partition coefficient (Wildman–Crippen LogP) is 2.81. The molecular weight excluding hydrogens is 337 g/mol. The first kappa shape index (κ1) is 16.3. The van der Waals surface area contributed by atoms with E-state index < -0.39 is 5.82 Å². The molecule has 4 rings (SSSR count). The van der Waals surface area contributed by atoms with Crippen molar-refractivity contribution in [3.05, 3.63) is 77.4 Å². The molecule has 0 spiro atoms. The molecule has 0 saturated carbocycles. The molecule has 1 aliphatic heterocycles. The molecule has 0 aliphatic carbocycles. The number of halogens is 1. The number of carbonyl (C=O) groups excluding carboxylic acids is 1. The van der Waals surface area contributed by atoms with Crippen LogP contribution in [0.4, 0.5) is 4.39 Å². The second-order valence-electron chi connectivity index (χ2n) is 5.85. The molecule has 6 nitrogen and oxygen atoms in total. The number of aromatic nitrogens is 2. The van der Waals surface area contributed by atoms with Crippen LogP contribution in [0.5, 0.6) is 5.75 Å². The van der Waals surface area contributed by atoms with Crippen LogP contribution in [0.25, 0.3) is 5.69 Å². The highest BCUT2D eigenvalue weighted by atomic mass is 19.1. The Kier molecular flexibility index (Phi) is 4.37. The fraction of sp³-hybridized carbons (Fsp3) is 0.158. The molecule has 1 N–H and O–H groups in total. The third-order valence-corrected chi connectivity index (χ3v) is 4.08. The zero-order valence-corrected chi connectivity index (χ0v) is 13.8. The van der Waals surface area contributed by atoms with E-state index in [0.717, 1.165) is 11.3 Å². The number of hydrogen-bond donors (Lipinski definition) is 1. The highest BCUT2D eigenvalue weighted by Gasteiger charge is 2.21. The fourth-order valence-corrected chi connectivity index (χ4v) is 2.81. The van der Waals surface area contributed by atoms with Gasteiger partial charge in [0.15, 0.2) is 6.79 Å². The van der Waals surface area contributed by atoms with Gasteiger partial charge in [0.25, 0.3) is 5.91 Å². The van der Waals surface area contributed by atoms with Crippen molar-refractivity contribution in [1.82, 2.24) is 15.1 Å². The maximum atomic E-state index is 13.8. The summed E-state index contributed by atoms with van der Waals surface area (Å²) in [7, 11) is 0. The van der Waals surface area contributed by atoms with E-state index in [-0.39, 0.29) is 24.9 Å². The Morgan fingerprint density at radius 3 is 2.88 bits per heavy atom. The summed E-state index contributed by atoms with van der Waals surface area (Å²) in [6, 6.07) is 12.0. The summed E-state index contributed by atoms with van der Waals surface area (Å²) in [6.07, 6.45) is 3.56. The number of amides is 1. The van der Waals surface area contributed by atoms with Crippen molar-refractivity contribution in [3.63, 3.8) is 0 Å². The molecule has 132 valence electrons. The van der Waals surface area contributed by atoms with E-state index in [0.29, 0.717) is 17.9 Å². The summed E-state index contributed by atoms with van der Waals surface area (Å²) in [5, 5.41) is 6.96. The maximum Gasteiger partial charge on any atom is 0.255 e. The predicted molar refractivity (Wildman–Crippen MR) is 91.4 cm³/mol. The van der Waals surface area contributed by atoms with E-state index in [2.05, 4.69) is 10.4 Å². The van der Waals surface area contributed by atoms with Gasteiger partial charge in [0.2, 0.25) is 0 Å². The van der Waals surface area contributed by atoms with Gasteiger partial charge in [-0.2, -0.15) is 5.10 Å². The molecule has 0 saturated heterocycles. The first-order valence-corrected chi connectivity index (χ1v) is 8.11. The van der Waals surface area contributed by atoms with Gasteiger partial charge in [-0.1, -0.05) is 12.1 Å². The lowest BCUT2D eigenvalue weighted by Gasteiger charge is -2.20. The van der Waals surface area contributed by atoms with Gasteiger partial charge in [0.05, 0.1) is 17.9 Å². The van der Waals surface area contributed by atoms with E-state index in [1.165, 1.54) is 12.1 Å². The SMILES string of the molecule is O=C(NCc1ccc(-n2cccn2)cc1)c1cc(F)cc2c1OCOC2. The van der Waals surface area contributed by atoms with Crippen molar-refractivity contribution in [3.8, 4) is 11.4 Å². The Bertz CT molecular complexity index is 924. The average molecular weight is 353 g/mol. The maximum absolute atomic E-state index is 13.8. The third-order valence-electron chi connectivity index (χ3n) is 4.08. The number of nitrogens with one attached hydrogen (secondary N) is 1. The van der Waals surface area contributed by atoms with Crippen LogP contribution in [0, 0.1) is 5.82 Å². The number of nitrogens with zero attached hydrogens (tertiary/aromatic N) is 2. The lowest BCUT2D eigenvalue weighted by molar-refractivity contribution is -0.0170.